The summed E-state index contributed by atoms with van der Waals surface area (Å²) in [4.78, 5) is 0. The summed E-state index contributed by atoms with van der Waals surface area (Å²) in [7, 11) is 0. The van der Waals surface area contributed by atoms with Crippen molar-refractivity contribution in [3.05, 3.63) is 35.4 Å². The molecule has 1 aromatic carbocycles. The van der Waals surface area contributed by atoms with E-state index in [1.165, 1.54) is 12.1 Å². The third-order valence-corrected chi connectivity index (χ3v) is 2.68. The molecule has 0 saturated carbocycles. The molecule has 1 aromatic rings. The highest BCUT2D eigenvalue weighted by Crippen LogP contribution is 2.29. The lowest BCUT2D eigenvalue weighted by Gasteiger charge is -2.14. The van der Waals surface area contributed by atoms with E-state index in [4.69, 9.17) is 0 Å². The van der Waals surface area contributed by atoms with Crippen LogP contribution < -0.4 is 5.32 Å². The first kappa shape index (κ1) is 16.8. The van der Waals surface area contributed by atoms with Crippen molar-refractivity contribution in [1.29, 1.82) is 0 Å². The molecular formula is C13H15F6N. The molecule has 0 aliphatic rings. The van der Waals surface area contributed by atoms with E-state index in [2.05, 4.69) is 5.32 Å². The Morgan fingerprint density at radius 2 is 1.55 bits per heavy atom. The highest BCUT2D eigenvalue weighted by Gasteiger charge is 2.30. The zero-order valence-corrected chi connectivity index (χ0v) is 10.8. The zero-order chi connectivity index (χ0) is 15.4. The maximum atomic E-state index is 12.3. The fourth-order valence-electron chi connectivity index (χ4n) is 1.76. The maximum Gasteiger partial charge on any atom is 0.416 e. The van der Waals surface area contributed by atoms with Crippen LogP contribution in [0.3, 0.4) is 0 Å². The molecule has 0 aliphatic heterocycles. The third kappa shape index (κ3) is 6.27. The van der Waals surface area contributed by atoms with Crippen molar-refractivity contribution in [2.45, 2.75) is 25.7 Å². The first-order valence-electron chi connectivity index (χ1n) is 6.01. The first-order chi connectivity index (χ1) is 9.08. The minimum absolute atomic E-state index is 0.103. The molecule has 1 nitrogen and oxygen atoms in total. The molecule has 0 radical (unpaired) electrons. The Labute approximate surface area is 113 Å². The van der Waals surface area contributed by atoms with Gasteiger partial charge in [0.25, 0.3) is 0 Å². The van der Waals surface area contributed by atoms with Gasteiger partial charge in [-0.15, -0.1) is 0 Å². The highest BCUT2D eigenvalue weighted by molar-refractivity contribution is 5.24. The molecule has 1 N–H and O–H groups in total. The van der Waals surface area contributed by atoms with Crippen LogP contribution in [0.15, 0.2) is 24.3 Å². The summed E-state index contributed by atoms with van der Waals surface area (Å²) >= 11 is 0. The van der Waals surface area contributed by atoms with Gasteiger partial charge in [-0.05, 0) is 36.6 Å². The molecule has 0 saturated heterocycles. The molecule has 114 valence electrons. The van der Waals surface area contributed by atoms with Gasteiger partial charge in [0, 0.05) is 0 Å². The van der Waals surface area contributed by atoms with Crippen molar-refractivity contribution in [2.24, 2.45) is 5.92 Å². The van der Waals surface area contributed by atoms with Crippen molar-refractivity contribution in [3.63, 3.8) is 0 Å². The van der Waals surface area contributed by atoms with Gasteiger partial charge < -0.3 is 5.32 Å². The van der Waals surface area contributed by atoms with Gasteiger partial charge in [0.1, 0.15) is 0 Å². The lowest BCUT2D eigenvalue weighted by Crippen LogP contribution is -2.32. The van der Waals surface area contributed by atoms with E-state index >= 15 is 0 Å². The third-order valence-electron chi connectivity index (χ3n) is 2.68. The summed E-state index contributed by atoms with van der Waals surface area (Å²) < 4.78 is 72.8. The van der Waals surface area contributed by atoms with E-state index in [0.717, 1.165) is 12.1 Å². The van der Waals surface area contributed by atoms with E-state index in [0.29, 0.717) is 12.0 Å². The van der Waals surface area contributed by atoms with Crippen LogP contribution in [0.2, 0.25) is 0 Å². The summed E-state index contributed by atoms with van der Waals surface area (Å²) in [5, 5.41) is 2.28. The van der Waals surface area contributed by atoms with Crippen molar-refractivity contribution >= 4 is 0 Å². The molecule has 0 spiro atoms. The molecule has 0 aliphatic carbocycles. The Balaban J connectivity index is 2.44. The zero-order valence-electron chi connectivity index (χ0n) is 10.8. The molecule has 1 unspecified atom stereocenters. The molecule has 0 amide bonds. The van der Waals surface area contributed by atoms with Gasteiger partial charge in [-0.1, -0.05) is 19.1 Å². The predicted molar refractivity (Wildman–Crippen MR) is 63.2 cm³/mol. The van der Waals surface area contributed by atoms with Crippen LogP contribution in [-0.2, 0) is 12.6 Å². The fourth-order valence-corrected chi connectivity index (χ4v) is 1.76. The second-order valence-corrected chi connectivity index (χ2v) is 4.75. The van der Waals surface area contributed by atoms with Crippen LogP contribution in [0.4, 0.5) is 26.3 Å². The fraction of sp³-hybridized carbons (Fsp3) is 0.538. The molecular weight excluding hydrogens is 284 g/mol. The van der Waals surface area contributed by atoms with E-state index in [1.807, 2.05) is 0 Å². The summed E-state index contributed by atoms with van der Waals surface area (Å²) in [6, 6.07) is 4.66. The predicted octanol–water partition coefficient (Wildman–Crippen LogP) is 4.04. The van der Waals surface area contributed by atoms with Crippen molar-refractivity contribution in [3.8, 4) is 0 Å². The van der Waals surface area contributed by atoms with Crippen LogP contribution in [0.25, 0.3) is 0 Å². The molecule has 1 atom stereocenters. The Bertz CT molecular complexity index is 406. The molecule has 20 heavy (non-hydrogen) atoms. The quantitative estimate of drug-likeness (QED) is 0.809. The number of alkyl halides is 6. The Hall–Kier alpha value is -1.24. The Morgan fingerprint density at radius 1 is 1.00 bits per heavy atom. The van der Waals surface area contributed by atoms with Gasteiger partial charge >= 0.3 is 12.4 Å². The minimum Gasteiger partial charge on any atom is -0.308 e. The number of rotatable bonds is 5. The van der Waals surface area contributed by atoms with Gasteiger partial charge in [-0.25, -0.2) is 0 Å². The largest absolute Gasteiger partial charge is 0.416 e. The van der Waals surface area contributed by atoms with Crippen LogP contribution in [0, 0.1) is 5.92 Å². The monoisotopic (exact) mass is 299 g/mol. The molecule has 0 heterocycles. The molecule has 7 heteroatoms. The molecule has 0 aromatic heterocycles. The van der Waals surface area contributed by atoms with Crippen molar-refractivity contribution < 1.29 is 26.3 Å². The Kier molecular flexibility index (Phi) is 5.44. The number of hydrogen-bond donors (Lipinski definition) is 1. The van der Waals surface area contributed by atoms with Crippen molar-refractivity contribution in [1.82, 2.24) is 5.32 Å². The van der Waals surface area contributed by atoms with Gasteiger partial charge in [0.15, 0.2) is 0 Å². The van der Waals surface area contributed by atoms with E-state index in [1.54, 1.807) is 6.92 Å². The van der Waals surface area contributed by atoms with Gasteiger partial charge in [0.2, 0.25) is 0 Å². The van der Waals surface area contributed by atoms with Crippen LogP contribution >= 0.6 is 0 Å². The van der Waals surface area contributed by atoms with Gasteiger partial charge in [-0.3, -0.25) is 0 Å². The maximum absolute atomic E-state index is 12.3. The highest BCUT2D eigenvalue weighted by atomic mass is 19.4. The average molecular weight is 299 g/mol. The lowest BCUT2D eigenvalue weighted by molar-refractivity contribution is -0.137. The number of halogens is 6. The second kappa shape index (κ2) is 6.47. The summed E-state index contributed by atoms with van der Waals surface area (Å²) in [5.74, 6) is -0.103. The van der Waals surface area contributed by atoms with Crippen LogP contribution in [-0.4, -0.2) is 19.3 Å². The number of hydrogen-bond acceptors (Lipinski definition) is 1. The van der Waals surface area contributed by atoms with Gasteiger partial charge in [-0.2, -0.15) is 26.3 Å². The van der Waals surface area contributed by atoms with E-state index < -0.39 is 24.5 Å². The van der Waals surface area contributed by atoms with E-state index in [-0.39, 0.29) is 12.5 Å². The first-order valence-corrected chi connectivity index (χ1v) is 6.01. The molecule has 0 fully saturated rings. The van der Waals surface area contributed by atoms with Crippen LogP contribution in [0.5, 0.6) is 0 Å². The summed E-state index contributed by atoms with van der Waals surface area (Å²) in [5.41, 5.74) is -0.0663. The Morgan fingerprint density at radius 3 is 2.00 bits per heavy atom. The molecule has 1 rings (SSSR count). The molecule has 0 bridgehead atoms. The number of nitrogens with one attached hydrogen (secondary N) is 1. The smallest absolute Gasteiger partial charge is 0.308 e. The normalized spacial score (nSPS) is 14.3. The standard InChI is InChI=1S/C13H15F6N/c1-9(7-20-8-12(14,15)16)6-10-2-4-11(5-3-10)13(17,18)19/h2-5,9,20H,6-8H2,1H3. The summed E-state index contributed by atoms with van der Waals surface area (Å²) in [6.07, 6.45) is -8.21. The topological polar surface area (TPSA) is 12.0 Å². The minimum atomic E-state index is -4.38. The second-order valence-electron chi connectivity index (χ2n) is 4.75. The number of benzene rings is 1. The van der Waals surface area contributed by atoms with Crippen LogP contribution in [0.1, 0.15) is 18.1 Å². The SMILES string of the molecule is CC(CNCC(F)(F)F)Cc1ccc(C(F)(F)F)cc1. The summed E-state index contributed by atoms with van der Waals surface area (Å²) in [6.45, 7) is 0.825. The average Bonchev–Trinajstić information content (AvgIpc) is 2.26. The van der Waals surface area contributed by atoms with E-state index in [9.17, 15) is 26.3 Å². The lowest BCUT2D eigenvalue weighted by atomic mass is 10.00. The van der Waals surface area contributed by atoms with Crippen molar-refractivity contribution in [2.75, 3.05) is 13.1 Å². The van der Waals surface area contributed by atoms with Gasteiger partial charge in [0.05, 0.1) is 12.1 Å².